The smallest absolute Gasteiger partial charge is 0.266 e. The number of anilines is 1. The Kier molecular flexibility index (Phi) is 4.12. The summed E-state index contributed by atoms with van der Waals surface area (Å²) in [5, 5.41) is 7.78. The molecule has 4 rings (SSSR count). The average molecular weight is 376 g/mol. The van der Waals surface area contributed by atoms with Gasteiger partial charge in [-0.25, -0.2) is 4.68 Å². The van der Waals surface area contributed by atoms with Crippen LogP contribution in [0.1, 0.15) is 26.5 Å². The molecule has 0 radical (unpaired) electrons. The van der Waals surface area contributed by atoms with Crippen molar-refractivity contribution in [1.29, 1.82) is 0 Å². The number of hydrogen-bond acceptors (Lipinski definition) is 4. The van der Waals surface area contributed by atoms with Gasteiger partial charge >= 0.3 is 0 Å². The molecule has 0 saturated heterocycles. The third-order valence-electron chi connectivity index (χ3n) is 3.92. The Morgan fingerprint density at radius 3 is 2.83 bits per heavy atom. The number of thiophene rings is 1. The normalized spacial score (nSPS) is 13.1. The number of halogens is 1. The molecule has 0 unspecified atom stereocenters. The van der Waals surface area contributed by atoms with E-state index in [1.165, 1.54) is 11.3 Å². The fourth-order valence-corrected chi connectivity index (χ4v) is 4.70. The fourth-order valence-electron chi connectivity index (χ4n) is 2.72. The highest BCUT2D eigenvalue weighted by atomic mass is 35.5. The number of nitrogens with zero attached hydrogens (tertiary/aromatic N) is 2. The number of benzene rings is 1. The molecule has 122 valence electrons. The van der Waals surface area contributed by atoms with Crippen molar-refractivity contribution in [3.05, 3.63) is 62.4 Å². The molecule has 2 aromatic heterocycles. The zero-order valence-electron chi connectivity index (χ0n) is 12.9. The van der Waals surface area contributed by atoms with Gasteiger partial charge in [-0.2, -0.15) is 16.9 Å². The molecule has 0 aliphatic carbocycles. The molecule has 24 heavy (non-hydrogen) atoms. The molecule has 4 nitrogen and oxygen atoms in total. The maximum atomic E-state index is 12.6. The number of amides is 1. The molecule has 0 fully saturated rings. The zero-order chi connectivity index (χ0) is 16.7. The molecule has 1 N–H and O–H groups in total. The van der Waals surface area contributed by atoms with Gasteiger partial charge in [0.05, 0.1) is 20.6 Å². The number of nitrogens with one attached hydrogen (secondary N) is 1. The minimum absolute atomic E-state index is 0.152. The fraction of sp³-hybridized carbons (Fsp3) is 0.176. The Balaban J connectivity index is 1.77. The number of aryl methyl sites for hydroxylation is 1. The van der Waals surface area contributed by atoms with E-state index in [4.69, 9.17) is 16.7 Å². The van der Waals surface area contributed by atoms with Crippen molar-refractivity contribution >= 4 is 46.4 Å². The van der Waals surface area contributed by atoms with Gasteiger partial charge in [-0.1, -0.05) is 29.8 Å². The summed E-state index contributed by atoms with van der Waals surface area (Å²) in [5.41, 5.74) is 4.25. The minimum atomic E-state index is -0.152. The Hall–Kier alpha value is -1.76. The van der Waals surface area contributed by atoms with Crippen LogP contribution in [0.3, 0.4) is 0 Å². The van der Waals surface area contributed by atoms with Crippen LogP contribution in [-0.2, 0) is 11.5 Å². The van der Waals surface area contributed by atoms with E-state index in [2.05, 4.69) is 5.32 Å². The molecule has 3 aromatic rings. The van der Waals surface area contributed by atoms with E-state index in [1.807, 2.05) is 47.6 Å². The molecule has 7 heteroatoms. The second-order valence-electron chi connectivity index (χ2n) is 5.52. The van der Waals surface area contributed by atoms with Crippen LogP contribution in [0, 0.1) is 6.92 Å². The lowest BCUT2D eigenvalue weighted by molar-refractivity contribution is 0.102. The number of carbonyl (C=O) groups is 1. The molecule has 1 aromatic carbocycles. The summed E-state index contributed by atoms with van der Waals surface area (Å²) in [7, 11) is 0. The highest BCUT2D eigenvalue weighted by molar-refractivity contribution is 7.98. The van der Waals surface area contributed by atoms with Gasteiger partial charge < -0.3 is 5.32 Å². The molecule has 1 aliphatic rings. The van der Waals surface area contributed by atoms with Crippen molar-refractivity contribution in [2.45, 2.75) is 18.4 Å². The Morgan fingerprint density at radius 1 is 1.25 bits per heavy atom. The predicted molar refractivity (Wildman–Crippen MR) is 101 cm³/mol. The van der Waals surface area contributed by atoms with E-state index in [-0.39, 0.29) is 5.91 Å². The Labute approximate surface area is 152 Å². The molecular formula is C17H14ClN3OS2. The monoisotopic (exact) mass is 375 g/mol. The first kappa shape index (κ1) is 15.7. The lowest BCUT2D eigenvalue weighted by Crippen LogP contribution is -2.15. The molecule has 3 heterocycles. The third-order valence-corrected chi connectivity index (χ3v) is 6.12. The van der Waals surface area contributed by atoms with E-state index in [1.54, 1.807) is 12.1 Å². The molecule has 1 aliphatic heterocycles. The SMILES string of the molecule is Cc1ccccc1-n1nc2c(c1NC(=O)c1ccc(Cl)s1)CSC2. The highest BCUT2D eigenvalue weighted by Gasteiger charge is 2.25. The highest BCUT2D eigenvalue weighted by Crippen LogP contribution is 2.37. The average Bonchev–Trinajstić information content (AvgIpc) is 3.25. The number of para-hydroxylation sites is 1. The number of carbonyl (C=O) groups excluding carboxylic acids is 1. The summed E-state index contributed by atoms with van der Waals surface area (Å²) < 4.78 is 2.46. The summed E-state index contributed by atoms with van der Waals surface area (Å²) in [6.07, 6.45) is 0. The molecule has 0 bridgehead atoms. The van der Waals surface area contributed by atoms with Gasteiger partial charge in [0.15, 0.2) is 0 Å². The summed E-state index contributed by atoms with van der Waals surface area (Å²) in [6.45, 7) is 2.04. The van der Waals surface area contributed by atoms with Crippen LogP contribution >= 0.6 is 34.7 Å². The third kappa shape index (κ3) is 2.75. The number of hydrogen-bond donors (Lipinski definition) is 1. The van der Waals surface area contributed by atoms with Crippen molar-refractivity contribution in [1.82, 2.24) is 9.78 Å². The van der Waals surface area contributed by atoms with Gasteiger partial charge in [0, 0.05) is 17.1 Å². The first-order chi connectivity index (χ1) is 11.6. The molecule has 0 spiro atoms. The zero-order valence-corrected chi connectivity index (χ0v) is 15.3. The van der Waals surface area contributed by atoms with Crippen LogP contribution in [0.15, 0.2) is 36.4 Å². The minimum Gasteiger partial charge on any atom is -0.305 e. The first-order valence-electron chi connectivity index (χ1n) is 7.44. The second kappa shape index (κ2) is 6.27. The van der Waals surface area contributed by atoms with E-state index in [0.29, 0.717) is 9.21 Å². The Bertz CT molecular complexity index is 932. The van der Waals surface area contributed by atoms with E-state index in [9.17, 15) is 4.79 Å². The van der Waals surface area contributed by atoms with Crippen molar-refractivity contribution in [3.63, 3.8) is 0 Å². The quantitative estimate of drug-likeness (QED) is 0.708. The number of rotatable bonds is 3. The van der Waals surface area contributed by atoms with Crippen LogP contribution in [0.4, 0.5) is 5.82 Å². The van der Waals surface area contributed by atoms with Crippen molar-refractivity contribution < 1.29 is 4.79 Å². The Morgan fingerprint density at radius 2 is 2.08 bits per heavy atom. The first-order valence-corrected chi connectivity index (χ1v) is 9.79. The topological polar surface area (TPSA) is 46.9 Å². The largest absolute Gasteiger partial charge is 0.305 e. The van der Waals surface area contributed by atoms with Gasteiger partial charge in [0.2, 0.25) is 0 Å². The molecule has 0 saturated carbocycles. The maximum Gasteiger partial charge on any atom is 0.266 e. The maximum absolute atomic E-state index is 12.6. The van der Waals surface area contributed by atoms with E-state index >= 15 is 0 Å². The summed E-state index contributed by atoms with van der Waals surface area (Å²) in [6, 6.07) is 11.5. The number of thioether (sulfide) groups is 1. The lowest BCUT2D eigenvalue weighted by atomic mass is 10.2. The summed E-state index contributed by atoms with van der Waals surface area (Å²) in [4.78, 5) is 13.2. The van der Waals surface area contributed by atoms with Crippen LogP contribution < -0.4 is 5.32 Å². The van der Waals surface area contributed by atoms with Gasteiger partial charge in [-0.05, 0) is 30.7 Å². The van der Waals surface area contributed by atoms with Gasteiger partial charge in [0.1, 0.15) is 5.82 Å². The standard InChI is InChI=1S/C17H14ClN3OS2/c1-10-4-2-3-5-13(10)21-16(11-8-23-9-12(11)20-21)19-17(22)14-6-7-15(18)24-14/h2-7H,8-9H2,1H3,(H,19,22). The van der Waals surface area contributed by atoms with Gasteiger partial charge in [-0.15, -0.1) is 11.3 Å². The van der Waals surface area contributed by atoms with E-state index < -0.39 is 0 Å². The molecule has 1 amide bonds. The van der Waals surface area contributed by atoms with Crippen LogP contribution in [0.2, 0.25) is 4.34 Å². The molecular weight excluding hydrogens is 362 g/mol. The van der Waals surface area contributed by atoms with Crippen molar-refractivity contribution in [3.8, 4) is 5.69 Å². The summed E-state index contributed by atoms with van der Waals surface area (Å²) in [5.74, 6) is 2.35. The van der Waals surface area contributed by atoms with E-state index in [0.717, 1.165) is 39.8 Å². The van der Waals surface area contributed by atoms with Crippen LogP contribution in [0.25, 0.3) is 5.69 Å². The van der Waals surface area contributed by atoms with Gasteiger partial charge in [-0.3, -0.25) is 4.79 Å². The molecule has 0 atom stereocenters. The van der Waals surface area contributed by atoms with Crippen LogP contribution in [-0.4, -0.2) is 15.7 Å². The van der Waals surface area contributed by atoms with Crippen LogP contribution in [0.5, 0.6) is 0 Å². The lowest BCUT2D eigenvalue weighted by Gasteiger charge is -2.12. The summed E-state index contributed by atoms with van der Waals surface area (Å²) >= 11 is 9.03. The van der Waals surface area contributed by atoms with Crippen molar-refractivity contribution in [2.75, 3.05) is 5.32 Å². The second-order valence-corrected chi connectivity index (χ2v) is 8.22. The predicted octanol–water partition coefficient (Wildman–Crippen LogP) is 4.89. The number of fused-ring (bicyclic) bond motifs is 1. The number of aromatic nitrogens is 2. The van der Waals surface area contributed by atoms with Gasteiger partial charge in [0.25, 0.3) is 5.91 Å². The van der Waals surface area contributed by atoms with Crippen molar-refractivity contribution in [2.24, 2.45) is 0 Å².